The van der Waals surface area contributed by atoms with Gasteiger partial charge in [0, 0.05) is 28.9 Å². The van der Waals surface area contributed by atoms with Gasteiger partial charge >= 0.3 is 0 Å². The number of halogens is 1. The van der Waals surface area contributed by atoms with Gasteiger partial charge in [0.25, 0.3) is 11.5 Å². The molecule has 0 amide bonds. The third-order valence-electron chi connectivity index (χ3n) is 4.67. The van der Waals surface area contributed by atoms with E-state index in [-0.39, 0.29) is 17.3 Å². The minimum Gasteiger partial charge on any atom is -0.347 e. The van der Waals surface area contributed by atoms with Crippen molar-refractivity contribution in [1.82, 2.24) is 0 Å². The van der Waals surface area contributed by atoms with Crippen LogP contribution in [0.5, 0.6) is 0 Å². The van der Waals surface area contributed by atoms with Crippen LogP contribution in [0.2, 0.25) is 0 Å². The van der Waals surface area contributed by atoms with Crippen molar-refractivity contribution in [3.05, 3.63) is 101 Å². The van der Waals surface area contributed by atoms with Crippen LogP contribution < -0.4 is 28.5 Å². The molecule has 0 radical (unpaired) electrons. The van der Waals surface area contributed by atoms with Gasteiger partial charge in [0.15, 0.2) is 18.1 Å². The van der Waals surface area contributed by atoms with Gasteiger partial charge in [-0.25, -0.2) is 18.6 Å². The molecular weight excluding hydrogens is 436 g/mol. The van der Waals surface area contributed by atoms with Gasteiger partial charge in [-0.05, 0) is 31.5 Å². The van der Waals surface area contributed by atoms with E-state index in [0.717, 1.165) is 16.8 Å². The number of fused-ring (bicyclic) bond motifs is 1. The van der Waals surface area contributed by atoms with E-state index in [2.05, 4.69) is 5.32 Å². The number of anilines is 1. The van der Waals surface area contributed by atoms with Gasteiger partial charge in [-0.3, -0.25) is 9.59 Å². The SMILES string of the molecule is Cc1ccc(NC2=C([n+]3ccc(C)cc3)C(=O)c3ccccc3C2=O)cc1.[O-][Cl+3]([O-])([O-])[O-]. The summed E-state index contributed by atoms with van der Waals surface area (Å²) in [5, 5.41) is 3.18. The second-order valence-electron chi connectivity index (χ2n) is 7.08. The summed E-state index contributed by atoms with van der Waals surface area (Å²) >= 11 is 0. The van der Waals surface area contributed by atoms with Crippen LogP contribution >= 0.6 is 0 Å². The fourth-order valence-electron chi connectivity index (χ4n) is 3.16. The highest BCUT2D eigenvalue weighted by atomic mass is 35.7. The average molecular weight is 455 g/mol. The van der Waals surface area contributed by atoms with Crippen molar-refractivity contribution in [2.75, 3.05) is 5.32 Å². The normalized spacial score (nSPS) is 13.3. The number of carbonyl (C=O) groups is 2. The van der Waals surface area contributed by atoms with Crippen LogP contribution in [0.25, 0.3) is 5.70 Å². The maximum Gasteiger partial charge on any atom is 0.286 e. The molecule has 1 heterocycles. The molecule has 1 N–H and O–H groups in total. The van der Waals surface area contributed by atoms with Crippen molar-refractivity contribution < 1.29 is 43.0 Å². The Kier molecular flexibility index (Phi) is 6.83. The zero-order valence-corrected chi connectivity index (χ0v) is 18.0. The van der Waals surface area contributed by atoms with Crippen molar-refractivity contribution >= 4 is 23.0 Å². The summed E-state index contributed by atoms with van der Waals surface area (Å²) in [6.45, 7) is 3.98. The summed E-state index contributed by atoms with van der Waals surface area (Å²) in [6.07, 6.45) is 3.61. The number of Topliss-reactive ketones (excluding diaryl/α,β-unsaturated/α-hetero) is 2. The largest absolute Gasteiger partial charge is 0.347 e. The molecule has 0 spiro atoms. The molecule has 32 heavy (non-hydrogen) atoms. The van der Waals surface area contributed by atoms with E-state index < -0.39 is 10.2 Å². The molecule has 0 saturated heterocycles. The van der Waals surface area contributed by atoms with E-state index in [1.807, 2.05) is 50.2 Å². The summed E-state index contributed by atoms with van der Waals surface area (Å²) in [5.41, 5.74) is 4.44. The first kappa shape index (κ1) is 23.3. The number of rotatable bonds is 3. The van der Waals surface area contributed by atoms with E-state index >= 15 is 0 Å². The molecule has 0 fully saturated rings. The number of aromatic nitrogens is 1. The summed E-state index contributed by atoms with van der Waals surface area (Å²) in [4.78, 5) is 26.4. The van der Waals surface area contributed by atoms with Crippen LogP contribution in [0.1, 0.15) is 31.8 Å². The van der Waals surface area contributed by atoms with Gasteiger partial charge in [-0.1, -0.05) is 42.0 Å². The minimum atomic E-state index is -4.94. The Morgan fingerprint density at radius 3 is 1.72 bits per heavy atom. The molecule has 9 heteroatoms. The Balaban J connectivity index is 0.000000523. The van der Waals surface area contributed by atoms with Crippen LogP contribution in [0.15, 0.2) is 78.8 Å². The molecule has 8 nitrogen and oxygen atoms in total. The number of carbonyl (C=O) groups excluding carboxylic acids is 2. The lowest BCUT2D eigenvalue weighted by Gasteiger charge is -2.18. The smallest absolute Gasteiger partial charge is 0.286 e. The van der Waals surface area contributed by atoms with E-state index in [1.54, 1.807) is 41.2 Å². The molecule has 1 aromatic heterocycles. The molecule has 0 atom stereocenters. The number of benzene rings is 2. The summed E-state index contributed by atoms with van der Waals surface area (Å²) in [5.74, 6) is -0.359. The van der Waals surface area contributed by atoms with Crippen LogP contribution in [-0.2, 0) is 0 Å². The number of nitrogens with zero attached hydrogens (tertiary/aromatic N) is 1. The molecule has 0 aliphatic heterocycles. The van der Waals surface area contributed by atoms with Crippen molar-refractivity contribution in [1.29, 1.82) is 0 Å². The van der Waals surface area contributed by atoms with Crippen LogP contribution in [0.3, 0.4) is 0 Å². The van der Waals surface area contributed by atoms with Gasteiger partial charge in [-0.15, -0.1) is 10.2 Å². The van der Waals surface area contributed by atoms with Gasteiger partial charge in [0.05, 0.1) is 0 Å². The van der Waals surface area contributed by atoms with Crippen LogP contribution in [-0.4, -0.2) is 11.6 Å². The topological polar surface area (TPSA) is 142 Å². The van der Waals surface area contributed by atoms with E-state index in [1.165, 1.54) is 0 Å². The monoisotopic (exact) mass is 454 g/mol. The number of aryl methyl sites for hydroxylation is 2. The lowest BCUT2D eigenvalue weighted by Crippen LogP contribution is -2.68. The number of ketones is 2. The van der Waals surface area contributed by atoms with Gasteiger partial charge < -0.3 is 5.32 Å². The summed E-state index contributed by atoms with van der Waals surface area (Å²) in [6, 6.07) is 18.5. The zero-order chi connectivity index (χ0) is 23.5. The predicted molar refractivity (Wildman–Crippen MR) is 104 cm³/mol. The number of allylic oxidation sites excluding steroid dienone is 2. The Morgan fingerprint density at radius 2 is 1.19 bits per heavy atom. The highest BCUT2D eigenvalue weighted by molar-refractivity contribution is 6.36. The van der Waals surface area contributed by atoms with Crippen molar-refractivity contribution in [3.8, 4) is 0 Å². The number of hydrogen-bond donors (Lipinski definition) is 1. The molecule has 1 aliphatic rings. The first-order valence-electron chi connectivity index (χ1n) is 9.41. The molecule has 0 bridgehead atoms. The first-order chi connectivity index (χ1) is 15.0. The molecule has 0 saturated carbocycles. The predicted octanol–water partition coefficient (Wildman–Crippen LogP) is -0.805. The van der Waals surface area contributed by atoms with Crippen LogP contribution in [0, 0.1) is 24.1 Å². The Hall–Kier alpha value is -3.40. The summed E-state index contributed by atoms with van der Waals surface area (Å²) in [7, 11) is -4.94. The maximum atomic E-state index is 13.2. The maximum absolute atomic E-state index is 13.2. The second kappa shape index (κ2) is 9.39. The lowest BCUT2D eigenvalue weighted by atomic mass is 9.90. The highest BCUT2D eigenvalue weighted by Crippen LogP contribution is 2.27. The Labute approximate surface area is 186 Å². The van der Waals surface area contributed by atoms with E-state index in [4.69, 9.17) is 18.6 Å². The van der Waals surface area contributed by atoms with Crippen LogP contribution in [0.4, 0.5) is 5.69 Å². The van der Waals surface area contributed by atoms with E-state index in [9.17, 15) is 9.59 Å². The molecule has 164 valence electrons. The third kappa shape index (κ3) is 5.64. The van der Waals surface area contributed by atoms with Crippen molar-refractivity contribution in [2.45, 2.75) is 13.8 Å². The standard InChI is InChI=1S/C23H18N2O2.ClHO4/c1-15-7-9-17(10-8-15)24-20-21(25-13-11-16(2)12-14-25)23(27)19-6-4-3-5-18(19)22(20)26;2-1(3,4)5/h3-14H,1-2H3;(H,2,3,4,5). The molecule has 0 unspecified atom stereocenters. The van der Waals surface area contributed by atoms with Gasteiger partial charge in [0.2, 0.25) is 5.78 Å². The van der Waals surface area contributed by atoms with E-state index in [0.29, 0.717) is 16.8 Å². The quantitative estimate of drug-likeness (QED) is 0.510. The molecule has 1 aliphatic carbocycles. The fourth-order valence-corrected chi connectivity index (χ4v) is 3.16. The Morgan fingerprint density at radius 1 is 0.719 bits per heavy atom. The average Bonchev–Trinajstić information content (AvgIpc) is 2.73. The molecular formula is C23H19ClN2O6. The van der Waals surface area contributed by atoms with Gasteiger partial charge in [0.1, 0.15) is 0 Å². The number of pyridine rings is 1. The molecule has 3 aromatic rings. The third-order valence-corrected chi connectivity index (χ3v) is 4.67. The lowest BCUT2D eigenvalue weighted by molar-refractivity contribution is -2.00. The number of hydrogen-bond acceptors (Lipinski definition) is 7. The minimum absolute atomic E-state index is 0.173. The summed E-state index contributed by atoms with van der Waals surface area (Å²) < 4.78 is 35.7. The fraction of sp³-hybridized carbons (Fsp3) is 0.0870. The first-order valence-corrected chi connectivity index (χ1v) is 10.6. The Bertz CT molecular complexity index is 1180. The van der Waals surface area contributed by atoms with Crippen molar-refractivity contribution in [3.63, 3.8) is 0 Å². The highest BCUT2D eigenvalue weighted by Gasteiger charge is 2.38. The van der Waals surface area contributed by atoms with Crippen molar-refractivity contribution in [2.24, 2.45) is 0 Å². The zero-order valence-electron chi connectivity index (χ0n) is 17.2. The molecule has 4 rings (SSSR count). The second-order valence-corrected chi connectivity index (χ2v) is 7.84. The number of nitrogens with one attached hydrogen (secondary N) is 1. The molecule has 2 aromatic carbocycles. The van der Waals surface area contributed by atoms with Gasteiger partial charge in [-0.2, -0.15) is 4.57 Å².